The molecule has 0 aliphatic carbocycles. The molecule has 14 heteroatoms. The van der Waals surface area contributed by atoms with E-state index in [0.29, 0.717) is 6.42 Å². The Balaban J connectivity index is 1.94. The number of halogens is 6. The van der Waals surface area contributed by atoms with Crippen molar-refractivity contribution in [1.82, 2.24) is 10.0 Å². The summed E-state index contributed by atoms with van der Waals surface area (Å²) in [6, 6.07) is 10.7. The number of benzene rings is 2. The molecule has 2 N–H and O–H groups in total. The van der Waals surface area contributed by atoms with Crippen molar-refractivity contribution >= 4 is 27.4 Å². The molecule has 0 bridgehead atoms. The van der Waals surface area contributed by atoms with E-state index in [1.165, 1.54) is 31.2 Å². The highest BCUT2D eigenvalue weighted by atomic mass is 32.2. The molecule has 1 atom stereocenters. The zero-order chi connectivity index (χ0) is 31.3. The topological polar surface area (TPSA) is 102 Å². The van der Waals surface area contributed by atoms with Crippen molar-refractivity contribution in [2.45, 2.75) is 63.8 Å². The highest BCUT2D eigenvalue weighted by molar-refractivity contribution is 7.90. The number of nitrogens with one attached hydrogen (secondary N) is 2. The third-order valence-corrected chi connectivity index (χ3v) is 8.01. The molecular weight excluding hydrogens is 590 g/mol. The van der Waals surface area contributed by atoms with Crippen LogP contribution in [0.25, 0.3) is 5.57 Å². The van der Waals surface area contributed by atoms with Crippen LogP contribution >= 0.6 is 0 Å². The summed E-state index contributed by atoms with van der Waals surface area (Å²) in [5.74, 6) is -3.08. The summed E-state index contributed by atoms with van der Waals surface area (Å²) in [5, 5.41) is 1.92. The number of alkyl halides is 6. The van der Waals surface area contributed by atoms with Crippen LogP contribution in [0.5, 0.6) is 5.75 Å². The summed E-state index contributed by atoms with van der Waals surface area (Å²) in [6.45, 7) is 3.04. The molecule has 42 heavy (non-hydrogen) atoms. The van der Waals surface area contributed by atoms with E-state index in [2.05, 4.69) is 0 Å². The third kappa shape index (κ3) is 8.05. The Kier molecular flexibility index (Phi) is 10.0. The molecule has 0 saturated carbocycles. The van der Waals surface area contributed by atoms with Crippen molar-refractivity contribution in [2.75, 3.05) is 12.4 Å². The molecule has 0 aromatic heterocycles. The normalized spacial score (nSPS) is 18.0. The largest absolute Gasteiger partial charge is 0.494 e. The Morgan fingerprint density at radius 3 is 2.14 bits per heavy atom. The van der Waals surface area contributed by atoms with Gasteiger partial charge >= 0.3 is 12.4 Å². The number of hydrogen-bond acceptors (Lipinski definition) is 5. The van der Waals surface area contributed by atoms with Crippen LogP contribution in [0.3, 0.4) is 0 Å². The fraction of sp³-hybridized carbons (Fsp3) is 0.429. The van der Waals surface area contributed by atoms with Gasteiger partial charge < -0.3 is 10.1 Å². The second-order valence-electron chi connectivity index (χ2n) is 9.89. The zero-order valence-electron chi connectivity index (χ0n) is 22.8. The van der Waals surface area contributed by atoms with Gasteiger partial charge in [0.2, 0.25) is 10.0 Å². The van der Waals surface area contributed by atoms with E-state index in [0.717, 1.165) is 17.7 Å². The number of unbranched alkanes of at least 4 members (excludes halogenated alkanes) is 2. The predicted molar refractivity (Wildman–Crippen MR) is 143 cm³/mol. The minimum atomic E-state index is -5.06. The van der Waals surface area contributed by atoms with Gasteiger partial charge in [0.1, 0.15) is 11.3 Å². The van der Waals surface area contributed by atoms with Crippen molar-refractivity contribution in [3.05, 3.63) is 70.8 Å². The highest BCUT2D eigenvalue weighted by Gasteiger charge is 2.60. The van der Waals surface area contributed by atoms with Crippen LogP contribution in [-0.4, -0.2) is 44.9 Å². The lowest BCUT2D eigenvalue weighted by Gasteiger charge is -2.41. The average molecular weight is 621 g/mol. The molecule has 0 saturated heterocycles. The van der Waals surface area contributed by atoms with Gasteiger partial charge in [0.15, 0.2) is 5.54 Å². The number of amides is 2. The summed E-state index contributed by atoms with van der Waals surface area (Å²) in [6.07, 6.45) is -10.6. The predicted octanol–water partition coefficient (Wildman–Crippen LogP) is 5.69. The number of carbonyl (C=O) groups excluding carboxylic acids is 2. The minimum absolute atomic E-state index is 0.0534. The Morgan fingerprint density at radius 2 is 1.60 bits per heavy atom. The molecule has 0 radical (unpaired) electrons. The Bertz CT molecular complexity index is 1420. The van der Waals surface area contributed by atoms with E-state index < -0.39 is 63.9 Å². The highest BCUT2D eigenvalue weighted by Crippen LogP contribution is 2.48. The number of carbonyl (C=O) groups is 2. The first-order valence-electron chi connectivity index (χ1n) is 13.0. The van der Waals surface area contributed by atoms with Crippen molar-refractivity contribution in [3.8, 4) is 5.75 Å². The third-order valence-electron chi connectivity index (χ3n) is 6.76. The Labute approximate surface area is 239 Å². The van der Waals surface area contributed by atoms with E-state index in [-0.39, 0.29) is 41.9 Å². The van der Waals surface area contributed by atoms with Crippen molar-refractivity contribution in [1.29, 1.82) is 0 Å². The minimum Gasteiger partial charge on any atom is -0.494 e. The maximum atomic E-state index is 14.8. The van der Waals surface area contributed by atoms with Gasteiger partial charge in [-0.25, -0.2) is 13.1 Å². The molecule has 7 nitrogen and oxygen atoms in total. The molecule has 1 heterocycles. The molecule has 2 amide bonds. The molecule has 1 aliphatic rings. The molecule has 1 aliphatic heterocycles. The lowest BCUT2D eigenvalue weighted by atomic mass is 9.76. The SMILES string of the molecule is CCS(=O)(=O)NC(=O)C1=C(c2ccc(C)cc2)C[C@](c2ccc(OCCCCCC(F)(F)F)cc2)(C(F)(F)F)NC1=O. The fourth-order valence-electron chi connectivity index (χ4n) is 4.44. The van der Waals surface area contributed by atoms with Gasteiger partial charge in [0.25, 0.3) is 11.8 Å². The molecule has 2 aromatic carbocycles. The molecule has 3 rings (SSSR count). The molecular formula is C28H30F6N2O5S. The Hall–Kier alpha value is -3.55. The first-order valence-corrected chi connectivity index (χ1v) is 14.7. The maximum Gasteiger partial charge on any atom is 0.416 e. The number of rotatable bonds is 11. The lowest BCUT2D eigenvalue weighted by Crippen LogP contribution is -2.59. The second kappa shape index (κ2) is 12.8. The van der Waals surface area contributed by atoms with E-state index in [1.54, 1.807) is 23.8 Å². The van der Waals surface area contributed by atoms with Gasteiger partial charge in [-0.05, 0) is 61.9 Å². The van der Waals surface area contributed by atoms with Crippen LogP contribution in [0.2, 0.25) is 0 Å². The van der Waals surface area contributed by atoms with Crippen LogP contribution in [0.4, 0.5) is 26.3 Å². The van der Waals surface area contributed by atoms with Crippen LogP contribution in [0.1, 0.15) is 55.7 Å². The molecule has 0 spiro atoms. The second-order valence-corrected chi connectivity index (χ2v) is 11.9. The summed E-state index contributed by atoms with van der Waals surface area (Å²) >= 11 is 0. The first-order chi connectivity index (χ1) is 19.5. The molecule has 2 aromatic rings. The number of ether oxygens (including phenoxy) is 1. The van der Waals surface area contributed by atoms with Crippen LogP contribution in [0.15, 0.2) is 54.1 Å². The van der Waals surface area contributed by atoms with E-state index >= 15 is 0 Å². The standard InChI is InChI=1S/C28H30F6N2O5S/c1-3-42(39,40)36-25(38)23-22(19-9-7-18(2)8-10-19)17-26(28(32,33)34,35-24(23)37)20-11-13-21(14-12-20)41-16-6-4-5-15-27(29,30)31/h7-14H,3-6,15-17H2,1-2H3,(H,35,37)(H,36,38)/t26-/m0/s1. The first kappa shape index (κ1) is 33.0. The van der Waals surface area contributed by atoms with Gasteiger partial charge in [0, 0.05) is 12.8 Å². The summed E-state index contributed by atoms with van der Waals surface area (Å²) < 4.78 is 112. The van der Waals surface area contributed by atoms with Crippen LogP contribution in [-0.2, 0) is 25.2 Å². The average Bonchev–Trinajstić information content (AvgIpc) is 2.89. The maximum absolute atomic E-state index is 14.8. The smallest absolute Gasteiger partial charge is 0.416 e. The Morgan fingerprint density at radius 1 is 0.976 bits per heavy atom. The van der Waals surface area contributed by atoms with Gasteiger partial charge in [-0.2, -0.15) is 26.3 Å². The quantitative estimate of drug-likeness (QED) is 0.191. The van der Waals surface area contributed by atoms with Gasteiger partial charge in [-0.15, -0.1) is 0 Å². The van der Waals surface area contributed by atoms with Gasteiger partial charge in [-0.3, -0.25) is 9.59 Å². The molecule has 230 valence electrons. The van der Waals surface area contributed by atoms with E-state index in [1.807, 2.05) is 5.32 Å². The van der Waals surface area contributed by atoms with Crippen molar-refractivity contribution in [2.24, 2.45) is 0 Å². The van der Waals surface area contributed by atoms with Crippen LogP contribution in [0, 0.1) is 6.92 Å². The van der Waals surface area contributed by atoms with E-state index in [9.17, 15) is 44.3 Å². The lowest BCUT2D eigenvalue weighted by molar-refractivity contribution is -0.201. The fourth-order valence-corrected chi connectivity index (χ4v) is 4.96. The van der Waals surface area contributed by atoms with Crippen molar-refractivity contribution < 1.29 is 49.1 Å². The summed E-state index contributed by atoms with van der Waals surface area (Å²) in [5.41, 5.74) is -3.49. The van der Waals surface area contributed by atoms with Crippen LogP contribution < -0.4 is 14.8 Å². The summed E-state index contributed by atoms with van der Waals surface area (Å²) in [7, 11) is -4.14. The zero-order valence-corrected chi connectivity index (χ0v) is 23.6. The van der Waals surface area contributed by atoms with Gasteiger partial charge in [-0.1, -0.05) is 42.0 Å². The number of aryl methyl sites for hydroxylation is 1. The number of hydrogen-bond donors (Lipinski definition) is 2. The van der Waals surface area contributed by atoms with Gasteiger partial charge in [0.05, 0.1) is 12.4 Å². The monoisotopic (exact) mass is 620 g/mol. The van der Waals surface area contributed by atoms with Crippen molar-refractivity contribution in [3.63, 3.8) is 0 Å². The molecule has 0 fully saturated rings. The number of sulfonamides is 1. The van der Waals surface area contributed by atoms with E-state index in [4.69, 9.17) is 4.74 Å². The summed E-state index contributed by atoms with van der Waals surface area (Å²) in [4.78, 5) is 26.2. The molecule has 0 unspecified atom stereocenters.